The first-order chi connectivity index (χ1) is 11.6. The zero-order chi connectivity index (χ0) is 16.7. The highest BCUT2D eigenvalue weighted by molar-refractivity contribution is 8.04. The van der Waals surface area contributed by atoms with Gasteiger partial charge in [0.1, 0.15) is 5.75 Å². The first-order valence-corrected chi connectivity index (χ1v) is 8.98. The Morgan fingerprint density at radius 1 is 1.21 bits per heavy atom. The summed E-state index contributed by atoms with van der Waals surface area (Å²) in [6.45, 7) is 0. The SMILES string of the molecule is COc1cccc(C2CC(=O)C3=C(C2)Nc2ccc(Cl)cc2S3)c1. The van der Waals surface area contributed by atoms with E-state index in [1.54, 1.807) is 7.11 Å². The number of nitrogens with one attached hydrogen (secondary N) is 1. The van der Waals surface area contributed by atoms with Crippen LogP contribution in [-0.2, 0) is 4.79 Å². The van der Waals surface area contributed by atoms with E-state index in [0.717, 1.165) is 38.9 Å². The van der Waals surface area contributed by atoms with Crippen molar-refractivity contribution in [2.24, 2.45) is 0 Å². The number of thioether (sulfide) groups is 1. The van der Waals surface area contributed by atoms with Crippen LogP contribution < -0.4 is 10.1 Å². The van der Waals surface area contributed by atoms with Crippen LogP contribution in [-0.4, -0.2) is 12.9 Å². The minimum absolute atomic E-state index is 0.174. The molecule has 24 heavy (non-hydrogen) atoms. The van der Waals surface area contributed by atoms with Gasteiger partial charge in [0.05, 0.1) is 17.7 Å². The molecule has 1 aliphatic carbocycles. The standard InChI is InChI=1S/C19H16ClNO2S/c1-23-14-4-2-3-11(7-14)12-8-16-19(17(22)9-12)24-18-10-13(20)5-6-15(18)21-16/h2-7,10,12,21H,8-9H2,1H3. The third-order valence-corrected chi connectivity index (χ3v) is 5.89. The second kappa shape index (κ2) is 6.19. The van der Waals surface area contributed by atoms with E-state index in [9.17, 15) is 4.79 Å². The van der Waals surface area contributed by atoms with Gasteiger partial charge in [0.2, 0.25) is 0 Å². The van der Waals surface area contributed by atoms with Crippen molar-refractivity contribution in [2.45, 2.75) is 23.7 Å². The largest absolute Gasteiger partial charge is 0.497 e. The van der Waals surface area contributed by atoms with Gasteiger partial charge >= 0.3 is 0 Å². The molecule has 0 saturated carbocycles. The molecule has 5 heteroatoms. The van der Waals surface area contributed by atoms with Gasteiger partial charge in [-0.2, -0.15) is 0 Å². The Morgan fingerprint density at radius 3 is 2.92 bits per heavy atom. The molecular formula is C19H16ClNO2S. The molecule has 2 aromatic carbocycles. The highest BCUT2D eigenvalue weighted by atomic mass is 35.5. The monoisotopic (exact) mass is 357 g/mol. The minimum atomic E-state index is 0.174. The number of carbonyl (C=O) groups is 1. The molecule has 0 bridgehead atoms. The average molecular weight is 358 g/mol. The van der Waals surface area contributed by atoms with Gasteiger partial charge in [0, 0.05) is 22.0 Å². The predicted octanol–water partition coefficient (Wildman–Crippen LogP) is 5.22. The average Bonchev–Trinajstić information content (AvgIpc) is 2.60. The van der Waals surface area contributed by atoms with E-state index in [2.05, 4.69) is 11.4 Å². The second-order valence-electron chi connectivity index (χ2n) is 5.98. The molecule has 1 unspecified atom stereocenters. The molecule has 1 atom stereocenters. The molecule has 1 aliphatic heterocycles. The number of ether oxygens (including phenoxy) is 1. The van der Waals surface area contributed by atoms with E-state index in [1.165, 1.54) is 11.8 Å². The predicted molar refractivity (Wildman–Crippen MR) is 97.9 cm³/mol. The Morgan fingerprint density at radius 2 is 2.08 bits per heavy atom. The van der Waals surface area contributed by atoms with E-state index in [1.807, 2.05) is 36.4 Å². The number of halogens is 1. The first kappa shape index (κ1) is 15.6. The topological polar surface area (TPSA) is 38.3 Å². The second-order valence-corrected chi connectivity index (χ2v) is 7.47. The van der Waals surface area contributed by atoms with Crippen LogP contribution in [0.3, 0.4) is 0 Å². The zero-order valence-electron chi connectivity index (χ0n) is 13.1. The van der Waals surface area contributed by atoms with Gasteiger partial charge in [-0.25, -0.2) is 0 Å². The molecule has 1 N–H and O–H groups in total. The van der Waals surface area contributed by atoms with Crippen LogP contribution in [0.2, 0.25) is 5.02 Å². The van der Waals surface area contributed by atoms with Crippen molar-refractivity contribution in [3.63, 3.8) is 0 Å². The maximum atomic E-state index is 12.7. The molecule has 4 rings (SSSR count). The normalized spacial score (nSPS) is 19.4. The molecular weight excluding hydrogens is 342 g/mol. The van der Waals surface area contributed by atoms with Crippen molar-refractivity contribution in [3.05, 3.63) is 63.7 Å². The van der Waals surface area contributed by atoms with Gasteiger partial charge in [0.15, 0.2) is 5.78 Å². The number of anilines is 1. The van der Waals surface area contributed by atoms with Crippen LogP contribution in [0.15, 0.2) is 58.0 Å². The molecule has 1 heterocycles. The van der Waals surface area contributed by atoms with Gasteiger partial charge in [-0.05, 0) is 48.2 Å². The Labute approximate surface area is 150 Å². The number of rotatable bonds is 2. The summed E-state index contributed by atoms with van der Waals surface area (Å²) in [5, 5.41) is 4.12. The summed E-state index contributed by atoms with van der Waals surface area (Å²) in [7, 11) is 1.66. The van der Waals surface area contributed by atoms with E-state index in [0.29, 0.717) is 11.4 Å². The number of ketones is 1. The molecule has 0 aromatic heterocycles. The summed E-state index contributed by atoms with van der Waals surface area (Å²) in [6, 6.07) is 13.7. The lowest BCUT2D eigenvalue weighted by Crippen LogP contribution is -2.23. The fourth-order valence-electron chi connectivity index (χ4n) is 3.21. The number of benzene rings is 2. The summed E-state index contributed by atoms with van der Waals surface area (Å²) in [4.78, 5) is 14.5. The molecule has 0 amide bonds. The number of Topliss-reactive ketones (excluding diaryl/α,β-unsaturated/α-hetero) is 1. The van der Waals surface area contributed by atoms with Crippen LogP contribution in [0, 0.1) is 0 Å². The third kappa shape index (κ3) is 2.80. The lowest BCUT2D eigenvalue weighted by molar-refractivity contribution is -0.115. The summed E-state index contributed by atoms with van der Waals surface area (Å²) >= 11 is 7.59. The van der Waals surface area contributed by atoms with Crippen molar-refractivity contribution >= 4 is 34.8 Å². The zero-order valence-corrected chi connectivity index (χ0v) is 14.7. The lowest BCUT2D eigenvalue weighted by atomic mass is 9.85. The van der Waals surface area contributed by atoms with Gasteiger partial charge in [-0.1, -0.05) is 35.5 Å². The number of hydrogen-bond donors (Lipinski definition) is 1. The fourth-order valence-corrected chi connectivity index (χ4v) is 4.54. The molecule has 122 valence electrons. The fraction of sp³-hybridized carbons (Fsp3) is 0.211. The Balaban J connectivity index is 1.64. The van der Waals surface area contributed by atoms with Gasteiger partial charge in [-0.15, -0.1) is 0 Å². The summed E-state index contributed by atoms with van der Waals surface area (Å²) in [5.41, 5.74) is 3.17. The third-order valence-electron chi connectivity index (χ3n) is 4.42. The van der Waals surface area contributed by atoms with Gasteiger partial charge in [-0.3, -0.25) is 4.79 Å². The maximum Gasteiger partial charge on any atom is 0.171 e. The molecule has 2 aromatic rings. The number of fused-ring (bicyclic) bond motifs is 1. The van der Waals surface area contributed by atoms with E-state index < -0.39 is 0 Å². The smallest absolute Gasteiger partial charge is 0.171 e. The van der Waals surface area contributed by atoms with E-state index in [4.69, 9.17) is 16.3 Å². The molecule has 0 fully saturated rings. The van der Waals surface area contributed by atoms with Crippen molar-refractivity contribution in [1.82, 2.24) is 0 Å². The minimum Gasteiger partial charge on any atom is -0.497 e. The molecule has 2 aliphatic rings. The lowest BCUT2D eigenvalue weighted by Gasteiger charge is -2.31. The van der Waals surface area contributed by atoms with Crippen molar-refractivity contribution < 1.29 is 9.53 Å². The number of hydrogen-bond acceptors (Lipinski definition) is 4. The quantitative estimate of drug-likeness (QED) is 0.799. The van der Waals surface area contributed by atoms with Crippen molar-refractivity contribution in [3.8, 4) is 5.75 Å². The highest BCUT2D eigenvalue weighted by Crippen LogP contribution is 2.47. The number of methoxy groups -OCH3 is 1. The summed E-state index contributed by atoms with van der Waals surface area (Å²) in [5.74, 6) is 1.19. The van der Waals surface area contributed by atoms with Crippen LogP contribution in [0.5, 0.6) is 5.75 Å². The molecule has 0 saturated heterocycles. The Bertz CT molecular complexity index is 862. The van der Waals surface area contributed by atoms with Gasteiger partial charge < -0.3 is 10.1 Å². The van der Waals surface area contributed by atoms with Crippen molar-refractivity contribution in [1.29, 1.82) is 0 Å². The first-order valence-electron chi connectivity index (χ1n) is 7.79. The summed E-state index contributed by atoms with van der Waals surface area (Å²) < 4.78 is 5.31. The van der Waals surface area contributed by atoms with Crippen LogP contribution in [0.25, 0.3) is 0 Å². The Hall–Kier alpha value is -1.91. The van der Waals surface area contributed by atoms with E-state index >= 15 is 0 Å². The maximum absolute atomic E-state index is 12.7. The summed E-state index contributed by atoms with van der Waals surface area (Å²) in [6.07, 6.45) is 1.35. The van der Waals surface area contributed by atoms with Crippen molar-refractivity contribution in [2.75, 3.05) is 12.4 Å². The van der Waals surface area contributed by atoms with E-state index in [-0.39, 0.29) is 11.7 Å². The van der Waals surface area contributed by atoms with Crippen LogP contribution in [0.4, 0.5) is 5.69 Å². The molecule has 0 spiro atoms. The Kier molecular flexibility index (Phi) is 4.02. The van der Waals surface area contributed by atoms with Crippen LogP contribution in [0.1, 0.15) is 24.3 Å². The number of carbonyl (C=O) groups excluding carboxylic acids is 1. The molecule has 0 radical (unpaired) electrons. The number of allylic oxidation sites excluding steroid dienone is 2. The molecule has 3 nitrogen and oxygen atoms in total. The van der Waals surface area contributed by atoms with Gasteiger partial charge in [0.25, 0.3) is 0 Å². The highest BCUT2D eigenvalue weighted by Gasteiger charge is 2.32. The van der Waals surface area contributed by atoms with Crippen LogP contribution >= 0.6 is 23.4 Å².